The molecule has 0 spiro atoms. The van der Waals surface area contributed by atoms with Crippen molar-refractivity contribution in [3.05, 3.63) is 52.9 Å². The van der Waals surface area contributed by atoms with Gasteiger partial charge in [-0.1, -0.05) is 12.1 Å². The molecule has 2 aromatic heterocycles. The van der Waals surface area contributed by atoms with Crippen LogP contribution in [0.15, 0.2) is 52.2 Å². The molecule has 0 unspecified atom stereocenters. The second-order valence-corrected chi connectivity index (χ2v) is 9.10. The van der Waals surface area contributed by atoms with Crippen molar-refractivity contribution >= 4 is 26.7 Å². The molecule has 5 rings (SSSR count). The zero-order valence-corrected chi connectivity index (χ0v) is 17.2. The van der Waals surface area contributed by atoms with Gasteiger partial charge in [-0.15, -0.1) is 5.10 Å². The molecule has 0 saturated heterocycles. The third-order valence-corrected chi connectivity index (χ3v) is 6.69. The summed E-state index contributed by atoms with van der Waals surface area (Å²) in [6, 6.07) is 11.9. The van der Waals surface area contributed by atoms with Crippen LogP contribution in [-0.2, 0) is 24.1 Å². The zero-order chi connectivity index (χ0) is 21.0. The van der Waals surface area contributed by atoms with Crippen LogP contribution in [0.2, 0.25) is 0 Å². The summed E-state index contributed by atoms with van der Waals surface area (Å²) in [5.41, 5.74) is 2.12. The van der Waals surface area contributed by atoms with Crippen LogP contribution in [0.5, 0.6) is 0 Å². The quantitative estimate of drug-likeness (QED) is 0.520. The first kappa shape index (κ1) is 18.6. The van der Waals surface area contributed by atoms with Crippen molar-refractivity contribution in [2.24, 2.45) is 14.1 Å². The lowest BCUT2D eigenvalue weighted by molar-refractivity contribution is 0.601. The van der Waals surface area contributed by atoms with Gasteiger partial charge in [0.05, 0.1) is 22.0 Å². The highest BCUT2D eigenvalue weighted by Crippen LogP contribution is 2.37. The molecule has 10 nitrogen and oxygen atoms in total. The molecule has 2 aromatic carbocycles. The third-order valence-electron chi connectivity index (χ3n) is 5.31. The molecule has 1 N–H and O–H groups in total. The predicted molar refractivity (Wildman–Crippen MR) is 110 cm³/mol. The van der Waals surface area contributed by atoms with Gasteiger partial charge in [-0.3, -0.25) is 13.9 Å². The Kier molecular flexibility index (Phi) is 4.03. The van der Waals surface area contributed by atoms with Crippen molar-refractivity contribution in [2.45, 2.75) is 23.8 Å². The minimum absolute atomic E-state index is 0.0735. The van der Waals surface area contributed by atoms with Gasteiger partial charge < -0.3 is 0 Å². The monoisotopic (exact) mass is 425 g/mol. The second kappa shape index (κ2) is 6.52. The van der Waals surface area contributed by atoms with Crippen molar-refractivity contribution in [3.63, 3.8) is 0 Å². The first-order valence-corrected chi connectivity index (χ1v) is 10.9. The van der Waals surface area contributed by atoms with E-state index in [-0.39, 0.29) is 10.6 Å². The van der Waals surface area contributed by atoms with Crippen LogP contribution in [0.3, 0.4) is 0 Å². The van der Waals surface area contributed by atoms with Crippen LogP contribution in [0.4, 0.5) is 5.69 Å². The lowest BCUT2D eigenvalue weighted by Crippen LogP contribution is -2.19. The van der Waals surface area contributed by atoms with E-state index < -0.39 is 10.0 Å². The fraction of sp³-hybridized carbons (Fsp3) is 0.263. The van der Waals surface area contributed by atoms with E-state index in [1.165, 1.54) is 21.3 Å². The lowest BCUT2D eigenvalue weighted by Gasteiger charge is -2.10. The minimum Gasteiger partial charge on any atom is -0.295 e. The van der Waals surface area contributed by atoms with Crippen LogP contribution in [-0.4, -0.2) is 37.8 Å². The highest BCUT2D eigenvalue weighted by Gasteiger charge is 2.28. The average molecular weight is 425 g/mol. The van der Waals surface area contributed by atoms with E-state index in [2.05, 4.69) is 20.2 Å². The molecule has 1 aliphatic rings. The van der Waals surface area contributed by atoms with Crippen molar-refractivity contribution in [1.29, 1.82) is 0 Å². The molecule has 11 heteroatoms. The zero-order valence-electron chi connectivity index (χ0n) is 16.3. The highest BCUT2D eigenvalue weighted by molar-refractivity contribution is 7.92. The number of sulfonamides is 1. The van der Waals surface area contributed by atoms with E-state index in [1.54, 1.807) is 43.0 Å². The van der Waals surface area contributed by atoms with E-state index >= 15 is 0 Å². The molecular weight excluding hydrogens is 406 g/mol. The summed E-state index contributed by atoms with van der Waals surface area (Å²) in [5.74, 6) is 0.610. The highest BCUT2D eigenvalue weighted by atomic mass is 32.2. The topological polar surface area (TPSA) is 117 Å². The summed E-state index contributed by atoms with van der Waals surface area (Å²) in [6.07, 6.45) is 2.07. The number of hydrogen-bond donors (Lipinski definition) is 1. The number of nitrogens with one attached hydrogen (secondary N) is 1. The molecule has 1 aliphatic carbocycles. The summed E-state index contributed by atoms with van der Waals surface area (Å²) < 4.78 is 33.2. The number of fused-ring (bicyclic) bond motifs is 1. The van der Waals surface area contributed by atoms with E-state index in [4.69, 9.17) is 0 Å². The second-order valence-electron chi connectivity index (χ2n) is 7.42. The van der Waals surface area contributed by atoms with Crippen LogP contribution in [0.25, 0.3) is 22.4 Å². The Bertz CT molecular complexity index is 1440. The molecule has 0 bridgehead atoms. The van der Waals surface area contributed by atoms with E-state index in [0.717, 1.165) is 18.4 Å². The number of imidazole rings is 1. The number of benzene rings is 2. The van der Waals surface area contributed by atoms with Crippen molar-refractivity contribution in [1.82, 2.24) is 29.3 Å². The Hall–Kier alpha value is -3.47. The van der Waals surface area contributed by atoms with Gasteiger partial charge in [-0.25, -0.2) is 17.9 Å². The fourth-order valence-corrected chi connectivity index (χ4v) is 4.61. The third kappa shape index (κ3) is 2.98. The number of anilines is 1. The van der Waals surface area contributed by atoms with Crippen LogP contribution in [0.1, 0.15) is 18.9 Å². The van der Waals surface area contributed by atoms with Gasteiger partial charge >= 0.3 is 5.69 Å². The van der Waals surface area contributed by atoms with Gasteiger partial charge in [0.2, 0.25) is 0 Å². The van der Waals surface area contributed by atoms with Gasteiger partial charge in [-0.2, -0.15) is 0 Å². The van der Waals surface area contributed by atoms with Gasteiger partial charge in [-0.05, 0) is 53.6 Å². The Labute approximate surface area is 171 Å². The van der Waals surface area contributed by atoms with Crippen molar-refractivity contribution in [2.75, 3.05) is 4.72 Å². The van der Waals surface area contributed by atoms with Gasteiger partial charge in [0.1, 0.15) is 0 Å². The Morgan fingerprint density at radius 3 is 2.57 bits per heavy atom. The molecule has 30 heavy (non-hydrogen) atoms. The molecule has 154 valence electrons. The van der Waals surface area contributed by atoms with Crippen LogP contribution in [0, 0.1) is 0 Å². The summed E-state index contributed by atoms with van der Waals surface area (Å²) >= 11 is 0. The molecule has 4 aromatic rings. The summed E-state index contributed by atoms with van der Waals surface area (Å²) in [5, 5.41) is 11.9. The van der Waals surface area contributed by atoms with Crippen molar-refractivity contribution < 1.29 is 8.42 Å². The first-order valence-electron chi connectivity index (χ1n) is 9.42. The first-order chi connectivity index (χ1) is 14.3. The minimum atomic E-state index is -3.86. The maximum absolute atomic E-state index is 13.0. The van der Waals surface area contributed by atoms with Crippen LogP contribution < -0.4 is 10.4 Å². The Morgan fingerprint density at radius 2 is 1.80 bits per heavy atom. The molecule has 0 atom stereocenters. The molecule has 1 saturated carbocycles. The molecular formula is C19H19N7O3S. The Balaban J connectivity index is 1.49. The number of aromatic nitrogens is 6. The lowest BCUT2D eigenvalue weighted by atomic mass is 10.2. The maximum atomic E-state index is 13.0. The number of hydrogen-bond acceptors (Lipinski definition) is 6. The predicted octanol–water partition coefficient (Wildman–Crippen LogP) is 1.67. The summed E-state index contributed by atoms with van der Waals surface area (Å²) in [4.78, 5) is 12.2. The normalized spacial score (nSPS) is 14.3. The van der Waals surface area contributed by atoms with Gasteiger partial charge in [0.25, 0.3) is 10.0 Å². The largest absolute Gasteiger partial charge is 0.328 e. The molecule has 0 amide bonds. The number of tetrazole rings is 1. The fourth-order valence-electron chi connectivity index (χ4n) is 3.54. The summed E-state index contributed by atoms with van der Waals surface area (Å²) in [6.45, 7) is 0. The summed E-state index contributed by atoms with van der Waals surface area (Å²) in [7, 11) is -0.594. The maximum Gasteiger partial charge on any atom is 0.328 e. The number of aryl methyl sites for hydroxylation is 2. The SMILES string of the molecule is Cn1c(=O)n(C)c2cc(S(=O)(=O)Nc3cccc(-c4nnnn4C4CC4)c3)ccc21. The molecule has 1 fully saturated rings. The number of rotatable bonds is 5. The van der Waals surface area contributed by atoms with Crippen LogP contribution >= 0.6 is 0 Å². The van der Waals surface area contributed by atoms with E-state index in [0.29, 0.717) is 28.6 Å². The van der Waals surface area contributed by atoms with Gasteiger partial charge in [0, 0.05) is 25.3 Å². The Morgan fingerprint density at radius 1 is 1.03 bits per heavy atom. The van der Waals surface area contributed by atoms with E-state index in [1.807, 2.05) is 6.07 Å². The van der Waals surface area contributed by atoms with Crippen molar-refractivity contribution in [3.8, 4) is 11.4 Å². The smallest absolute Gasteiger partial charge is 0.295 e. The molecule has 0 radical (unpaired) electrons. The molecule has 0 aliphatic heterocycles. The number of nitrogens with zero attached hydrogens (tertiary/aromatic N) is 6. The average Bonchev–Trinajstić information content (AvgIpc) is 3.42. The standard InChI is InChI=1S/C19H19N7O3S/c1-24-16-9-8-15(11-17(16)25(2)19(24)27)30(28,29)21-13-5-3-4-12(10-13)18-20-22-23-26(18)14-6-7-14/h3-5,8-11,14,21H,6-7H2,1-2H3. The molecule has 2 heterocycles. The van der Waals surface area contributed by atoms with Gasteiger partial charge in [0.15, 0.2) is 5.82 Å². The van der Waals surface area contributed by atoms with E-state index in [9.17, 15) is 13.2 Å².